The molecule has 0 radical (unpaired) electrons. The summed E-state index contributed by atoms with van der Waals surface area (Å²) in [4.78, 5) is 1.42. The van der Waals surface area contributed by atoms with Gasteiger partial charge in [-0.1, -0.05) is 26.7 Å². The van der Waals surface area contributed by atoms with Crippen LogP contribution in [0.1, 0.15) is 39.5 Å². The average molecular weight is 326 g/mol. The van der Waals surface area contributed by atoms with Crippen molar-refractivity contribution in [2.45, 2.75) is 44.4 Å². The summed E-state index contributed by atoms with van der Waals surface area (Å²) in [7, 11) is -5.61. The molecule has 0 aromatic heterocycles. The van der Waals surface area contributed by atoms with Crippen molar-refractivity contribution >= 4 is 18.1 Å². The molecule has 0 fully saturated rings. The Morgan fingerprint density at radius 2 is 1.29 bits per heavy atom. The number of halogens is 4. The maximum Gasteiger partial charge on any atom is 0.673 e. The summed E-state index contributed by atoms with van der Waals surface area (Å²) in [5, 5.41) is 9.29. The second-order valence-corrected chi connectivity index (χ2v) is 6.87. The summed E-state index contributed by atoms with van der Waals surface area (Å²) in [5.41, 5.74) is 0. The largest absolute Gasteiger partial charge is 0.673 e. The van der Waals surface area contributed by atoms with Crippen molar-refractivity contribution in [1.29, 1.82) is 0 Å². The quantitative estimate of drug-likeness (QED) is 0.411. The van der Waals surface area contributed by atoms with Gasteiger partial charge >= 0.3 is 7.25 Å². The zero-order valence-corrected chi connectivity index (χ0v) is 13.3. The van der Waals surface area contributed by atoms with Gasteiger partial charge in [0.15, 0.2) is 4.90 Å². The van der Waals surface area contributed by atoms with E-state index >= 15 is 0 Å². The van der Waals surface area contributed by atoms with E-state index in [-0.39, 0.29) is 0 Å². The van der Waals surface area contributed by atoms with Crippen LogP contribution < -0.4 is 0 Å². The Hall–Kier alpha value is -0.845. The van der Waals surface area contributed by atoms with Crippen LogP contribution in [0.3, 0.4) is 0 Å². The Morgan fingerprint density at radius 1 is 0.905 bits per heavy atom. The average Bonchev–Trinajstić information content (AvgIpc) is 2.38. The lowest BCUT2D eigenvalue weighted by Gasteiger charge is -2.07. The number of hydrogen-bond donors (Lipinski definition) is 1. The number of hydrogen-bond acceptors (Lipinski definition) is 1. The van der Waals surface area contributed by atoms with Crippen LogP contribution in [0.2, 0.25) is 0 Å². The van der Waals surface area contributed by atoms with E-state index in [1.165, 1.54) is 42.1 Å². The van der Waals surface area contributed by atoms with Gasteiger partial charge in [0.2, 0.25) is 0 Å². The topological polar surface area (TPSA) is 20.2 Å². The third-order valence-corrected chi connectivity index (χ3v) is 5.16. The molecule has 0 aliphatic heterocycles. The molecule has 0 aliphatic rings. The molecule has 0 unspecified atom stereocenters. The van der Waals surface area contributed by atoms with Crippen molar-refractivity contribution in [3.05, 3.63) is 24.3 Å². The monoisotopic (exact) mass is 326 g/mol. The van der Waals surface area contributed by atoms with Crippen molar-refractivity contribution in [2.75, 3.05) is 11.5 Å². The van der Waals surface area contributed by atoms with Gasteiger partial charge in [-0.2, -0.15) is 0 Å². The number of rotatable bonds is 7. The smallest absolute Gasteiger partial charge is 0.508 e. The maximum absolute atomic E-state index is 9.75. The lowest BCUT2D eigenvalue weighted by atomic mass is 10.3. The van der Waals surface area contributed by atoms with E-state index in [0.29, 0.717) is 16.6 Å². The number of phenolic OH excluding ortho intramolecular Hbond substituents is 1. The molecular weight excluding hydrogens is 303 g/mol. The minimum atomic E-state index is -6.00. The fourth-order valence-corrected chi connectivity index (χ4v) is 4.08. The zero-order chi connectivity index (χ0) is 16.3. The van der Waals surface area contributed by atoms with Gasteiger partial charge in [0, 0.05) is 10.9 Å². The molecule has 0 spiro atoms. The molecule has 1 aromatic rings. The predicted molar refractivity (Wildman–Crippen MR) is 83.5 cm³/mol. The predicted octanol–water partition coefficient (Wildman–Crippen LogP) is 5.27. The Balaban J connectivity index is 0.000000690. The molecule has 1 aromatic carbocycles. The molecule has 122 valence electrons. The summed E-state index contributed by atoms with van der Waals surface area (Å²) in [5.74, 6) is 2.99. The van der Waals surface area contributed by atoms with Crippen molar-refractivity contribution in [1.82, 2.24) is 0 Å². The molecule has 0 heterocycles. The first-order chi connectivity index (χ1) is 9.77. The lowest BCUT2D eigenvalue weighted by Crippen LogP contribution is -2.12. The van der Waals surface area contributed by atoms with E-state index in [1.54, 1.807) is 0 Å². The molecular formula is C14H23BF4OS. The van der Waals surface area contributed by atoms with Crippen LogP contribution in [0.15, 0.2) is 29.2 Å². The summed E-state index contributed by atoms with van der Waals surface area (Å²) >= 11 is 0. The highest BCUT2D eigenvalue weighted by Gasteiger charge is 2.21. The van der Waals surface area contributed by atoms with Crippen molar-refractivity contribution in [3.8, 4) is 5.75 Å². The van der Waals surface area contributed by atoms with Gasteiger partial charge in [-0.05, 0) is 37.1 Å². The summed E-state index contributed by atoms with van der Waals surface area (Å²) < 4.78 is 39.0. The molecule has 1 N–H and O–H groups in total. The van der Waals surface area contributed by atoms with Crippen LogP contribution >= 0.6 is 0 Å². The van der Waals surface area contributed by atoms with Crippen molar-refractivity contribution in [2.24, 2.45) is 0 Å². The Labute approximate surface area is 127 Å². The molecule has 0 saturated heterocycles. The van der Waals surface area contributed by atoms with Gasteiger partial charge in [-0.15, -0.1) is 0 Å². The molecule has 0 amide bonds. The highest BCUT2D eigenvalue weighted by Crippen LogP contribution is 2.20. The van der Waals surface area contributed by atoms with Gasteiger partial charge in [-0.3, -0.25) is 0 Å². The van der Waals surface area contributed by atoms with E-state index in [9.17, 15) is 22.4 Å². The van der Waals surface area contributed by atoms with Crippen LogP contribution in [0, 0.1) is 0 Å². The molecule has 0 saturated carbocycles. The van der Waals surface area contributed by atoms with E-state index in [1.807, 2.05) is 12.1 Å². The molecule has 7 heteroatoms. The number of benzene rings is 1. The van der Waals surface area contributed by atoms with Crippen LogP contribution in [0.5, 0.6) is 5.75 Å². The maximum atomic E-state index is 9.75. The molecule has 1 nitrogen and oxygen atoms in total. The normalized spacial score (nSPS) is 11.2. The van der Waals surface area contributed by atoms with E-state index in [4.69, 9.17) is 0 Å². The van der Waals surface area contributed by atoms with Gasteiger partial charge in [0.05, 0.1) is 0 Å². The van der Waals surface area contributed by atoms with Gasteiger partial charge in [-0.25, -0.2) is 0 Å². The molecule has 0 aliphatic carbocycles. The third-order valence-electron chi connectivity index (χ3n) is 2.66. The second-order valence-electron chi connectivity index (χ2n) is 4.60. The van der Waals surface area contributed by atoms with Crippen LogP contribution in [0.25, 0.3) is 0 Å². The van der Waals surface area contributed by atoms with E-state index in [0.717, 1.165) is 0 Å². The van der Waals surface area contributed by atoms with Crippen LogP contribution in [-0.4, -0.2) is 23.9 Å². The highest BCUT2D eigenvalue weighted by atomic mass is 32.2. The van der Waals surface area contributed by atoms with E-state index < -0.39 is 7.25 Å². The fraction of sp³-hybridized carbons (Fsp3) is 0.571. The van der Waals surface area contributed by atoms with Crippen LogP contribution in [0.4, 0.5) is 17.3 Å². The second kappa shape index (κ2) is 10.8. The van der Waals surface area contributed by atoms with E-state index in [2.05, 4.69) is 26.0 Å². The van der Waals surface area contributed by atoms with Crippen molar-refractivity contribution < 1.29 is 22.4 Å². The SMILES string of the molecule is CCCC[S+](CCCC)c1ccc(O)cc1.F[B-](F)(F)F. The lowest BCUT2D eigenvalue weighted by molar-refractivity contribution is 0.368. The Kier molecular flexibility index (Phi) is 10.4. The van der Waals surface area contributed by atoms with Gasteiger partial charge in [0.25, 0.3) is 0 Å². The fourth-order valence-electron chi connectivity index (χ4n) is 1.61. The molecule has 21 heavy (non-hydrogen) atoms. The molecule has 1 rings (SSSR count). The first-order valence-electron chi connectivity index (χ1n) is 7.11. The number of aromatic hydroxyl groups is 1. The summed E-state index contributed by atoms with van der Waals surface area (Å²) in [6.45, 7) is 4.50. The van der Waals surface area contributed by atoms with Crippen LogP contribution in [-0.2, 0) is 10.9 Å². The summed E-state index contributed by atoms with van der Waals surface area (Å²) in [6, 6.07) is 7.80. The first-order valence-corrected chi connectivity index (χ1v) is 8.68. The molecule has 0 bridgehead atoms. The Morgan fingerprint density at radius 3 is 1.62 bits per heavy atom. The minimum absolute atomic E-state index is 0.373. The first kappa shape index (κ1) is 20.2. The standard InChI is InChI=1S/C14H22OS.BF4/c1-3-5-11-16(12-6-4-2)14-9-7-13(15)8-10-14;2-1(3,4)5/h7-10H,3-6,11-12H2,1-2H3;/q;-1/p+1. The van der Waals surface area contributed by atoms with Gasteiger partial charge < -0.3 is 22.4 Å². The number of phenols is 1. The van der Waals surface area contributed by atoms with Crippen molar-refractivity contribution in [3.63, 3.8) is 0 Å². The zero-order valence-electron chi connectivity index (χ0n) is 12.5. The number of unbranched alkanes of at least 4 members (excludes halogenated alkanes) is 2. The highest BCUT2D eigenvalue weighted by molar-refractivity contribution is 7.96. The minimum Gasteiger partial charge on any atom is -0.508 e. The Bertz CT molecular complexity index is 356. The third kappa shape index (κ3) is 12.6. The van der Waals surface area contributed by atoms with Gasteiger partial charge in [0.1, 0.15) is 17.3 Å². The molecule has 0 atom stereocenters. The summed E-state index contributed by atoms with van der Waals surface area (Å²) in [6.07, 6.45) is 5.17.